The van der Waals surface area contributed by atoms with Gasteiger partial charge in [-0.2, -0.15) is 0 Å². The first kappa shape index (κ1) is 43.1. The lowest BCUT2D eigenvalue weighted by atomic mass is 9.89. The summed E-state index contributed by atoms with van der Waals surface area (Å²) in [6.07, 6.45) is 15.6. The lowest BCUT2D eigenvalue weighted by Crippen LogP contribution is -2.25. The summed E-state index contributed by atoms with van der Waals surface area (Å²) in [5.74, 6) is -0.555. The maximum atomic E-state index is 13.0. The van der Waals surface area contributed by atoms with E-state index in [0.717, 1.165) is 44.1 Å². The Hall–Kier alpha value is -4.04. The van der Waals surface area contributed by atoms with Gasteiger partial charge in [-0.05, 0) is 70.3 Å². The van der Waals surface area contributed by atoms with Crippen molar-refractivity contribution < 1.29 is 44.0 Å². The third kappa shape index (κ3) is 20.4. The number of ether oxygens (including phenoxy) is 2. The molecule has 0 radical (unpaired) electrons. The van der Waals surface area contributed by atoms with E-state index in [-0.39, 0.29) is 49.5 Å². The lowest BCUT2D eigenvalue weighted by Gasteiger charge is -2.24. The van der Waals surface area contributed by atoms with Crippen LogP contribution in [-0.2, 0) is 35.2 Å². The second-order valence-corrected chi connectivity index (χ2v) is 12.8. The molecule has 0 unspecified atom stereocenters. The smallest absolute Gasteiger partial charge is 0.306 e. The van der Waals surface area contributed by atoms with Crippen molar-refractivity contribution >= 4 is 11.9 Å². The predicted molar refractivity (Wildman–Crippen MR) is 190 cm³/mol. The van der Waals surface area contributed by atoms with Crippen LogP contribution in [0.5, 0.6) is 0 Å². The van der Waals surface area contributed by atoms with Crippen LogP contribution >= 0.6 is 0 Å². The molecule has 14 heteroatoms. The van der Waals surface area contributed by atoms with Gasteiger partial charge in [0.25, 0.3) is 10.2 Å². The van der Waals surface area contributed by atoms with E-state index in [1.54, 1.807) is 0 Å². The van der Waals surface area contributed by atoms with Gasteiger partial charge < -0.3 is 29.6 Å². The first-order valence-electron chi connectivity index (χ1n) is 18.4. The molecule has 1 aliphatic rings. The number of amides is 1. The topological polar surface area (TPSA) is 190 Å². The number of hydrogen-bond acceptors (Lipinski definition) is 11. The summed E-state index contributed by atoms with van der Waals surface area (Å²) >= 11 is 0. The number of allylic oxidation sites excluding steroid dienone is 2. The van der Waals surface area contributed by atoms with Gasteiger partial charge in [-0.15, -0.1) is 20.2 Å². The summed E-state index contributed by atoms with van der Waals surface area (Å²) < 4.78 is 12.5. The van der Waals surface area contributed by atoms with E-state index < -0.39 is 22.4 Å². The molecular weight excluding hydrogens is 662 g/mol. The Bertz CT molecular complexity index is 1200. The summed E-state index contributed by atoms with van der Waals surface area (Å²) in [7, 11) is 0. The quantitative estimate of drug-likeness (QED) is 0.0313. The zero-order chi connectivity index (χ0) is 37.1. The number of rotatable bonds is 29. The van der Waals surface area contributed by atoms with Crippen LogP contribution in [0.25, 0.3) is 0 Å². The molecule has 2 rings (SSSR count). The zero-order valence-corrected chi connectivity index (χ0v) is 29.9. The SMILES string of the molecule is CCNC(=O)CCC/C=C\C[C@@H]1[C@@H](/C=C/[C@@H](O)CCc2ccccc2)[C@H](OCCCCCCO[N+](=O)[O-])C[C@@H]1OC(=O)CCCCCO[N+](=O)[O-]. The van der Waals surface area contributed by atoms with Crippen molar-refractivity contribution in [3.8, 4) is 0 Å². The number of carbonyl (C=O) groups excluding carboxylic acids is 2. The van der Waals surface area contributed by atoms with E-state index in [1.807, 2.05) is 49.4 Å². The zero-order valence-electron chi connectivity index (χ0n) is 29.9. The summed E-state index contributed by atoms with van der Waals surface area (Å²) in [5.41, 5.74) is 1.14. The van der Waals surface area contributed by atoms with Crippen molar-refractivity contribution in [1.82, 2.24) is 5.32 Å². The van der Waals surface area contributed by atoms with Crippen LogP contribution in [0.2, 0.25) is 0 Å². The number of aliphatic hydroxyl groups is 1. The minimum atomic E-state index is -0.827. The fourth-order valence-electron chi connectivity index (χ4n) is 6.17. The van der Waals surface area contributed by atoms with Crippen LogP contribution in [0.1, 0.15) is 102 Å². The highest BCUT2D eigenvalue weighted by Crippen LogP contribution is 2.40. The fourth-order valence-corrected chi connectivity index (χ4v) is 6.17. The minimum absolute atomic E-state index is 0.0146. The van der Waals surface area contributed by atoms with Crippen molar-refractivity contribution in [1.29, 1.82) is 0 Å². The van der Waals surface area contributed by atoms with Crippen molar-refractivity contribution in [3.05, 3.63) is 80.4 Å². The van der Waals surface area contributed by atoms with Crippen LogP contribution in [-0.4, -0.2) is 71.8 Å². The van der Waals surface area contributed by atoms with Gasteiger partial charge in [-0.3, -0.25) is 9.59 Å². The molecular formula is C37H57N3O11. The summed E-state index contributed by atoms with van der Waals surface area (Å²) in [6.45, 7) is 3.01. The van der Waals surface area contributed by atoms with Gasteiger partial charge in [0, 0.05) is 44.2 Å². The number of benzene rings is 1. The molecule has 0 heterocycles. The van der Waals surface area contributed by atoms with E-state index in [2.05, 4.69) is 27.1 Å². The Kier molecular flexibility index (Phi) is 22.6. The molecule has 1 saturated carbocycles. The van der Waals surface area contributed by atoms with E-state index >= 15 is 0 Å². The molecule has 1 fully saturated rings. The van der Waals surface area contributed by atoms with E-state index in [9.17, 15) is 34.9 Å². The van der Waals surface area contributed by atoms with Gasteiger partial charge >= 0.3 is 5.97 Å². The molecule has 1 amide bonds. The van der Waals surface area contributed by atoms with Gasteiger partial charge in [0.15, 0.2) is 0 Å². The Morgan fingerprint density at radius 2 is 1.57 bits per heavy atom. The van der Waals surface area contributed by atoms with Crippen molar-refractivity contribution in [3.63, 3.8) is 0 Å². The fraction of sp³-hybridized carbons (Fsp3) is 0.676. The Balaban J connectivity index is 2.10. The molecule has 1 aromatic carbocycles. The Morgan fingerprint density at radius 3 is 2.24 bits per heavy atom. The molecule has 1 aromatic rings. The monoisotopic (exact) mass is 719 g/mol. The van der Waals surface area contributed by atoms with Crippen molar-refractivity contribution in [2.24, 2.45) is 11.8 Å². The number of aliphatic hydroxyl groups excluding tert-OH is 1. The van der Waals surface area contributed by atoms with Crippen LogP contribution in [0.4, 0.5) is 0 Å². The van der Waals surface area contributed by atoms with Gasteiger partial charge in [0.05, 0.1) is 25.4 Å². The van der Waals surface area contributed by atoms with E-state index in [1.165, 1.54) is 0 Å². The predicted octanol–water partition coefficient (Wildman–Crippen LogP) is 6.26. The second kappa shape index (κ2) is 26.7. The molecule has 1 aliphatic carbocycles. The number of hydrogen-bond donors (Lipinski definition) is 2. The Morgan fingerprint density at radius 1 is 0.902 bits per heavy atom. The second-order valence-electron chi connectivity index (χ2n) is 12.8. The average Bonchev–Trinajstić information content (AvgIpc) is 3.42. The van der Waals surface area contributed by atoms with Crippen LogP contribution in [0, 0.1) is 32.1 Å². The molecule has 51 heavy (non-hydrogen) atoms. The molecule has 0 bridgehead atoms. The first-order chi connectivity index (χ1) is 24.7. The Labute approximate surface area is 301 Å². The molecule has 14 nitrogen and oxygen atoms in total. The number of carbonyl (C=O) groups is 2. The number of aryl methyl sites for hydroxylation is 1. The van der Waals surface area contributed by atoms with E-state index in [4.69, 9.17) is 9.47 Å². The van der Waals surface area contributed by atoms with Gasteiger partial charge in [-0.1, -0.05) is 73.9 Å². The summed E-state index contributed by atoms with van der Waals surface area (Å²) in [6, 6.07) is 9.97. The van der Waals surface area contributed by atoms with Gasteiger partial charge in [0.1, 0.15) is 6.10 Å². The maximum Gasteiger partial charge on any atom is 0.306 e. The van der Waals surface area contributed by atoms with Crippen LogP contribution in [0.3, 0.4) is 0 Å². The maximum absolute atomic E-state index is 13.0. The molecule has 0 aromatic heterocycles. The number of nitrogens with one attached hydrogen (secondary N) is 1. The molecule has 0 saturated heterocycles. The summed E-state index contributed by atoms with van der Waals surface area (Å²) in [4.78, 5) is 54.3. The highest BCUT2D eigenvalue weighted by Gasteiger charge is 2.44. The lowest BCUT2D eigenvalue weighted by molar-refractivity contribution is -0.757. The number of esters is 1. The van der Waals surface area contributed by atoms with Crippen LogP contribution in [0.15, 0.2) is 54.6 Å². The number of unbranched alkanes of at least 4 members (excludes halogenated alkanes) is 6. The third-order valence-corrected chi connectivity index (χ3v) is 8.79. The number of nitrogens with zero attached hydrogens (tertiary/aromatic N) is 2. The standard InChI is InChI=1S/C37H57N3O11/c1-2-38-36(42)20-12-4-3-11-19-32-33(25-24-31(41)23-22-30-17-9-7-10-18-30)34(48-26-14-5-6-15-27-49-39(44)45)29-35(32)51-37(43)21-13-8-16-28-50-40(46)47/h3,7,9-11,17-18,24-25,31-35,41H,2,4-6,8,12-16,19-23,26-29H2,1H3,(H,38,42)/b11-3-,25-24+/t31-,32+,33+,34+,35-/m0/s1. The normalized spacial score (nSPS) is 19.3. The van der Waals surface area contributed by atoms with Gasteiger partial charge in [0.2, 0.25) is 5.91 Å². The molecule has 0 spiro atoms. The third-order valence-electron chi connectivity index (χ3n) is 8.79. The first-order valence-corrected chi connectivity index (χ1v) is 18.4. The minimum Gasteiger partial charge on any atom is -0.462 e. The highest BCUT2D eigenvalue weighted by molar-refractivity contribution is 5.75. The van der Waals surface area contributed by atoms with Gasteiger partial charge in [-0.25, -0.2) is 0 Å². The summed E-state index contributed by atoms with van der Waals surface area (Å²) in [5, 5.41) is 32.8. The largest absolute Gasteiger partial charge is 0.462 e. The molecule has 2 N–H and O–H groups in total. The highest BCUT2D eigenvalue weighted by atomic mass is 17.0. The van der Waals surface area contributed by atoms with Crippen molar-refractivity contribution in [2.45, 2.75) is 122 Å². The van der Waals surface area contributed by atoms with E-state index in [0.29, 0.717) is 64.5 Å². The molecule has 286 valence electrons. The van der Waals surface area contributed by atoms with Crippen LogP contribution < -0.4 is 5.32 Å². The molecule has 5 atom stereocenters. The van der Waals surface area contributed by atoms with Crippen molar-refractivity contribution in [2.75, 3.05) is 26.4 Å². The average molecular weight is 720 g/mol. The molecule has 0 aliphatic heterocycles.